The van der Waals surface area contributed by atoms with Crippen LogP contribution in [0.5, 0.6) is 0 Å². The Hall–Kier alpha value is -9.18. The average Bonchev–Trinajstić information content (AvgIpc) is 1.60. The third-order valence-electron chi connectivity index (χ3n) is 18.7. The summed E-state index contributed by atoms with van der Waals surface area (Å²) in [5.74, 6) is 0. The lowest BCUT2D eigenvalue weighted by Gasteiger charge is -2.34. The van der Waals surface area contributed by atoms with Gasteiger partial charge in [0.1, 0.15) is 0 Å². The van der Waals surface area contributed by atoms with E-state index >= 15 is 0 Å². The summed E-state index contributed by atoms with van der Waals surface area (Å²) < 4.78 is 0. The van der Waals surface area contributed by atoms with E-state index < -0.39 is 0 Å². The van der Waals surface area contributed by atoms with E-state index in [2.05, 4.69) is 316 Å². The lowest BCUT2D eigenvalue weighted by atomic mass is 9.70. The van der Waals surface area contributed by atoms with E-state index in [1.54, 1.807) is 0 Å². The van der Waals surface area contributed by atoms with Crippen molar-refractivity contribution < 1.29 is 0 Å². The summed E-state index contributed by atoms with van der Waals surface area (Å²) in [5, 5.41) is 0. The lowest BCUT2D eigenvalue weighted by molar-refractivity contribution is 0.401. The highest BCUT2D eigenvalue weighted by molar-refractivity contribution is 5.88. The van der Waals surface area contributed by atoms with E-state index in [9.17, 15) is 0 Å². The van der Waals surface area contributed by atoms with Crippen LogP contribution in [0.15, 0.2) is 267 Å². The molecule has 3 heteroatoms. The first-order chi connectivity index (χ1) is 43.8. The molecule has 0 aliphatic heterocycles. The number of fused-ring (bicyclic) bond motifs is 3. The average molecular weight is 1160 g/mol. The molecule has 0 radical (unpaired) electrons. The number of rotatable bonds is 26. The van der Waals surface area contributed by atoms with Gasteiger partial charge in [-0.3, -0.25) is 0 Å². The molecule has 11 aromatic rings. The van der Waals surface area contributed by atoms with Gasteiger partial charge in [-0.2, -0.15) is 0 Å². The van der Waals surface area contributed by atoms with Crippen molar-refractivity contribution in [3.05, 3.63) is 295 Å². The number of aryl methyl sites for hydroxylation is 3. The Kier molecular flexibility index (Phi) is 19.1. The normalized spacial score (nSPS) is 12.1. The van der Waals surface area contributed by atoms with Crippen LogP contribution in [0.3, 0.4) is 0 Å². The van der Waals surface area contributed by atoms with Crippen molar-refractivity contribution in [1.82, 2.24) is 0 Å². The van der Waals surface area contributed by atoms with E-state index in [1.165, 1.54) is 161 Å². The van der Waals surface area contributed by atoms with E-state index in [-0.39, 0.29) is 5.41 Å². The molecule has 89 heavy (non-hydrogen) atoms. The highest BCUT2D eigenvalue weighted by Crippen LogP contribution is 2.56. The van der Waals surface area contributed by atoms with Gasteiger partial charge in [-0.1, -0.05) is 237 Å². The van der Waals surface area contributed by atoms with Crippen molar-refractivity contribution in [3.63, 3.8) is 0 Å². The molecule has 0 N–H and O–H groups in total. The monoisotopic (exact) mass is 1160 g/mol. The number of hydrogen-bond acceptors (Lipinski definition) is 3. The summed E-state index contributed by atoms with van der Waals surface area (Å²) in [6, 6.07) is 99.6. The fourth-order valence-corrected chi connectivity index (χ4v) is 14.1. The Morgan fingerprint density at radius 2 is 0.629 bits per heavy atom. The molecule has 1 aliphatic carbocycles. The lowest BCUT2D eigenvalue weighted by Crippen LogP contribution is -2.26. The van der Waals surface area contributed by atoms with Gasteiger partial charge in [0.05, 0.1) is 0 Å². The molecule has 1 aliphatic rings. The highest BCUT2D eigenvalue weighted by atomic mass is 15.2. The third-order valence-corrected chi connectivity index (χ3v) is 18.7. The Bertz CT molecular complexity index is 4020. The van der Waals surface area contributed by atoms with Gasteiger partial charge in [-0.25, -0.2) is 0 Å². The van der Waals surface area contributed by atoms with Crippen molar-refractivity contribution >= 4 is 51.2 Å². The molecule has 0 unspecified atom stereocenters. The van der Waals surface area contributed by atoms with Gasteiger partial charge in [0.25, 0.3) is 0 Å². The van der Waals surface area contributed by atoms with Crippen LogP contribution in [0.2, 0.25) is 0 Å². The van der Waals surface area contributed by atoms with Gasteiger partial charge in [-0.05, 0) is 227 Å². The Morgan fingerprint density at radius 3 is 1.08 bits per heavy atom. The van der Waals surface area contributed by atoms with Crippen LogP contribution in [0.4, 0.5) is 51.2 Å². The number of hydrogen-bond donors (Lipinski definition) is 0. The molecule has 0 aromatic heterocycles. The first kappa shape index (κ1) is 60.1. The zero-order valence-corrected chi connectivity index (χ0v) is 53.1. The van der Waals surface area contributed by atoms with Crippen LogP contribution in [0.1, 0.15) is 132 Å². The Balaban J connectivity index is 0.830. The minimum atomic E-state index is 0.0106. The molecule has 0 amide bonds. The molecular formula is C86H87N3. The zero-order valence-electron chi connectivity index (χ0n) is 53.1. The van der Waals surface area contributed by atoms with E-state index in [4.69, 9.17) is 0 Å². The molecule has 0 bridgehead atoms. The van der Waals surface area contributed by atoms with E-state index in [0.29, 0.717) is 0 Å². The van der Waals surface area contributed by atoms with Crippen molar-refractivity contribution in [3.8, 4) is 44.5 Å². The predicted molar refractivity (Wildman–Crippen MR) is 383 cm³/mol. The molecule has 0 fully saturated rings. The molecule has 0 heterocycles. The summed E-state index contributed by atoms with van der Waals surface area (Å²) in [6.07, 6.45) is 17.3. The minimum absolute atomic E-state index is 0.0106. The number of anilines is 9. The quantitative estimate of drug-likeness (QED) is 0.0500. The van der Waals surface area contributed by atoms with Crippen LogP contribution in [-0.4, -0.2) is 0 Å². The SMILES string of the molecule is CCCCCCC1(CCCCCC)c2ccccc2-c2ccc(N(c3ccccc3)c3ccc(-c4cccc(-c5ccc(N(c6ccc(CCCCC)cc6)c6ccc(-c7ccc(N(c8ccccc8)c8ccccc8)cc7C)c(C)c6)cc5)c4)cc3)cc21. The topological polar surface area (TPSA) is 9.72 Å². The Labute approximate surface area is 532 Å². The van der Waals surface area contributed by atoms with Crippen LogP contribution >= 0.6 is 0 Å². The summed E-state index contributed by atoms with van der Waals surface area (Å²) in [5.41, 5.74) is 27.3. The summed E-state index contributed by atoms with van der Waals surface area (Å²) in [6.45, 7) is 11.4. The summed E-state index contributed by atoms with van der Waals surface area (Å²) in [7, 11) is 0. The van der Waals surface area contributed by atoms with Crippen LogP contribution in [-0.2, 0) is 11.8 Å². The molecule has 0 atom stereocenters. The number of unbranched alkanes of at least 4 members (excludes halogenated alkanes) is 8. The standard InChI is InChI=1S/C86H87N3/c1-6-9-12-26-58-86(59-27-13-10-7-2)84-39-25-24-38-82(84)83-57-54-79(63-85(83)86)88(73-36-22-16-23-37-73)75-48-42-67(43-49-75)69-30-28-31-70(62-69)68-44-50-76(51-45-68)89(74-46-40-66(41-47-74)29-17-11-8-3)78-53-56-81(65(5)61-78)80-55-52-77(60-64(80)4)87(71-32-18-14-19-33-71)72-34-20-15-21-35-72/h14-16,18-25,28,30-57,60-63H,6-13,17,26-27,29,58-59H2,1-5H3. The van der Waals surface area contributed by atoms with E-state index in [1.807, 2.05) is 0 Å². The van der Waals surface area contributed by atoms with Gasteiger partial charge in [0.15, 0.2) is 0 Å². The van der Waals surface area contributed by atoms with Gasteiger partial charge in [0.2, 0.25) is 0 Å². The van der Waals surface area contributed by atoms with Crippen LogP contribution in [0.25, 0.3) is 44.5 Å². The predicted octanol–water partition coefficient (Wildman–Crippen LogP) is 25.7. The first-order valence-corrected chi connectivity index (χ1v) is 33.3. The maximum atomic E-state index is 2.57. The summed E-state index contributed by atoms with van der Waals surface area (Å²) in [4.78, 5) is 7.22. The molecule has 3 nitrogen and oxygen atoms in total. The highest BCUT2D eigenvalue weighted by Gasteiger charge is 2.42. The number of benzene rings is 11. The van der Waals surface area contributed by atoms with Crippen LogP contribution in [0, 0.1) is 13.8 Å². The second kappa shape index (κ2) is 28.3. The van der Waals surface area contributed by atoms with Gasteiger partial charge in [-0.15, -0.1) is 0 Å². The minimum Gasteiger partial charge on any atom is -0.310 e. The third kappa shape index (κ3) is 13.2. The Morgan fingerprint density at radius 1 is 0.258 bits per heavy atom. The number of nitrogens with zero attached hydrogens (tertiary/aromatic N) is 3. The van der Waals surface area contributed by atoms with Crippen molar-refractivity contribution in [2.75, 3.05) is 14.7 Å². The largest absolute Gasteiger partial charge is 0.310 e. The fourth-order valence-electron chi connectivity index (χ4n) is 14.1. The molecule has 446 valence electrons. The van der Waals surface area contributed by atoms with Gasteiger partial charge < -0.3 is 14.7 Å². The molecular weight excluding hydrogens is 1070 g/mol. The van der Waals surface area contributed by atoms with Gasteiger partial charge >= 0.3 is 0 Å². The second-order valence-corrected chi connectivity index (χ2v) is 24.8. The fraction of sp³-hybridized carbons (Fsp3) is 0.233. The molecule has 0 saturated carbocycles. The summed E-state index contributed by atoms with van der Waals surface area (Å²) >= 11 is 0. The van der Waals surface area contributed by atoms with Crippen molar-refractivity contribution in [2.45, 2.75) is 130 Å². The molecule has 0 saturated heterocycles. The second-order valence-electron chi connectivity index (χ2n) is 24.8. The molecule has 11 aromatic carbocycles. The van der Waals surface area contributed by atoms with Gasteiger partial charge in [0, 0.05) is 56.6 Å². The van der Waals surface area contributed by atoms with E-state index in [0.717, 1.165) is 51.9 Å². The number of para-hydroxylation sites is 3. The van der Waals surface area contributed by atoms with Crippen molar-refractivity contribution in [1.29, 1.82) is 0 Å². The maximum absolute atomic E-state index is 2.57. The van der Waals surface area contributed by atoms with Crippen molar-refractivity contribution in [2.24, 2.45) is 0 Å². The maximum Gasteiger partial charge on any atom is 0.0465 e. The van der Waals surface area contributed by atoms with Crippen LogP contribution < -0.4 is 14.7 Å². The molecule has 12 rings (SSSR count). The zero-order chi connectivity index (χ0) is 60.9. The smallest absolute Gasteiger partial charge is 0.0465 e. The molecule has 0 spiro atoms. The first-order valence-electron chi connectivity index (χ1n) is 33.3.